The number of likely N-dealkylation sites (tertiary alicyclic amines) is 1. The number of carbonyl (C=O) groups excluding carboxylic acids is 1. The van der Waals surface area contributed by atoms with E-state index in [1.54, 1.807) is 6.07 Å². The number of hydrogen-bond acceptors (Lipinski definition) is 3. The molecule has 128 valence electrons. The van der Waals surface area contributed by atoms with Crippen LogP contribution in [0.3, 0.4) is 0 Å². The molecule has 1 aromatic rings. The van der Waals surface area contributed by atoms with Crippen molar-refractivity contribution in [3.05, 3.63) is 29.8 Å². The van der Waals surface area contributed by atoms with Crippen LogP contribution in [0, 0.1) is 0 Å². The molecular formula is C17H24F2N2O2. The van der Waals surface area contributed by atoms with Gasteiger partial charge in [0.15, 0.2) is 0 Å². The fourth-order valence-electron chi connectivity index (χ4n) is 2.82. The Morgan fingerprint density at radius 1 is 1.30 bits per heavy atom. The topological polar surface area (TPSA) is 41.6 Å². The quantitative estimate of drug-likeness (QED) is 0.872. The lowest BCUT2D eigenvalue weighted by atomic mass is 9.98. The first-order valence-corrected chi connectivity index (χ1v) is 7.96. The summed E-state index contributed by atoms with van der Waals surface area (Å²) in [6.45, 7) is 3.91. The van der Waals surface area contributed by atoms with Gasteiger partial charge in [0.1, 0.15) is 5.75 Å². The molecule has 1 aliphatic heterocycles. The van der Waals surface area contributed by atoms with Crippen LogP contribution >= 0.6 is 0 Å². The Labute approximate surface area is 135 Å². The molecule has 1 amide bonds. The minimum atomic E-state index is -2.90. The molecule has 1 fully saturated rings. The molecule has 0 aliphatic carbocycles. The molecule has 0 spiro atoms. The van der Waals surface area contributed by atoms with E-state index in [4.69, 9.17) is 0 Å². The zero-order valence-corrected chi connectivity index (χ0v) is 13.6. The smallest absolute Gasteiger partial charge is 0.387 e. The number of nitrogens with zero attached hydrogens (tertiary/aromatic N) is 1. The van der Waals surface area contributed by atoms with Crippen molar-refractivity contribution in [3.63, 3.8) is 0 Å². The van der Waals surface area contributed by atoms with Crippen LogP contribution in [0.1, 0.15) is 43.5 Å². The summed E-state index contributed by atoms with van der Waals surface area (Å²) >= 11 is 0. The summed E-state index contributed by atoms with van der Waals surface area (Å²) in [5.41, 5.74) is 0.185. The number of rotatable bonds is 6. The van der Waals surface area contributed by atoms with Crippen molar-refractivity contribution in [1.29, 1.82) is 0 Å². The average Bonchev–Trinajstić information content (AvgIpc) is 2.53. The van der Waals surface area contributed by atoms with Crippen LogP contribution < -0.4 is 10.1 Å². The number of alkyl halides is 2. The summed E-state index contributed by atoms with van der Waals surface area (Å²) in [5, 5.41) is 2.89. The molecule has 0 saturated carbocycles. The highest BCUT2D eigenvalue weighted by atomic mass is 19.3. The molecular weight excluding hydrogens is 302 g/mol. The van der Waals surface area contributed by atoms with E-state index in [0.717, 1.165) is 13.1 Å². The third-order valence-electron chi connectivity index (χ3n) is 4.22. The summed E-state index contributed by atoms with van der Waals surface area (Å²) in [4.78, 5) is 14.6. The predicted molar refractivity (Wildman–Crippen MR) is 84.9 cm³/mol. The number of ether oxygens (including phenoxy) is 1. The van der Waals surface area contributed by atoms with Crippen LogP contribution in [0.5, 0.6) is 5.75 Å². The van der Waals surface area contributed by atoms with Crippen LogP contribution in [0.25, 0.3) is 0 Å². The maximum Gasteiger partial charge on any atom is 0.387 e. The Balaban J connectivity index is 1.93. The van der Waals surface area contributed by atoms with Crippen molar-refractivity contribution in [3.8, 4) is 5.75 Å². The first-order valence-electron chi connectivity index (χ1n) is 7.96. The molecule has 1 aromatic carbocycles. The highest BCUT2D eigenvalue weighted by molar-refractivity contribution is 5.94. The Bertz CT molecular complexity index is 529. The second kappa shape index (κ2) is 7.73. The van der Waals surface area contributed by atoms with Crippen molar-refractivity contribution in [1.82, 2.24) is 10.2 Å². The standard InChI is InChI=1S/C17H24F2N2O2/c1-17(2,21-9-4-3-5-10-21)12-20-15(22)13-7-6-8-14(11-13)23-16(18)19/h6-8,11,16H,3-5,9-10,12H2,1-2H3,(H,20,22). The van der Waals surface area contributed by atoms with E-state index in [1.807, 2.05) is 0 Å². The van der Waals surface area contributed by atoms with Gasteiger partial charge in [-0.1, -0.05) is 12.5 Å². The molecule has 2 rings (SSSR count). The van der Waals surface area contributed by atoms with E-state index >= 15 is 0 Å². The first-order chi connectivity index (χ1) is 10.9. The maximum absolute atomic E-state index is 12.2. The molecule has 1 aliphatic rings. The lowest BCUT2D eigenvalue weighted by Gasteiger charge is -2.41. The van der Waals surface area contributed by atoms with Gasteiger partial charge in [0.25, 0.3) is 5.91 Å². The van der Waals surface area contributed by atoms with Crippen molar-refractivity contribution >= 4 is 5.91 Å². The van der Waals surface area contributed by atoms with Gasteiger partial charge in [-0.3, -0.25) is 9.69 Å². The Hall–Kier alpha value is -1.69. The second-order valence-electron chi connectivity index (χ2n) is 6.45. The van der Waals surface area contributed by atoms with Gasteiger partial charge in [-0.2, -0.15) is 8.78 Å². The van der Waals surface area contributed by atoms with E-state index in [2.05, 4.69) is 28.8 Å². The molecule has 23 heavy (non-hydrogen) atoms. The van der Waals surface area contributed by atoms with Crippen LogP contribution in [0.4, 0.5) is 8.78 Å². The van der Waals surface area contributed by atoms with Gasteiger partial charge in [0.05, 0.1) is 0 Å². The van der Waals surface area contributed by atoms with Gasteiger partial charge in [-0.15, -0.1) is 0 Å². The largest absolute Gasteiger partial charge is 0.435 e. The Morgan fingerprint density at radius 2 is 2.00 bits per heavy atom. The molecule has 0 aromatic heterocycles. The lowest BCUT2D eigenvalue weighted by Crippen LogP contribution is -2.53. The summed E-state index contributed by atoms with van der Waals surface area (Å²) in [6, 6.07) is 5.85. The molecule has 0 unspecified atom stereocenters. The number of carbonyl (C=O) groups is 1. The number of hydrogen-bond donors (Lipinski definition) is 1. The fraction of sp³-hybridized carbons (Fsp3) is 0.588. The molecule has 1 heterocycles. The number of amides is 1. The number of benzene rings is 1. The zero-order valence-electron chi connectivity index (χ0n) is 13.6. The van der Waals surface area contributed by atoms with Crippen LogP contribution in [0.2, 0.25) is 0 Å². The molecule has 1 saturated heterocycles. The maximum atomic E-state index is 12.2. The molecule has 4 nitrogen and oxygen atoms in total. The molecule has 1 N–H and O–H groups in total. The van der Waals surface area contributed by atoms with Gasteiger partial charge in [0.2, 0.25) is 0 Å². The normalized spacial score (nSPS) is 16.4. The SMILES string of the molecule is CC(C)(CNC(=O)c1cccc(OC(F)F)c1)N1CCCCC1. The van der Waals surface area contributed by atoms with E-state index in [9.17, 15) is 13.6 Å². The van der Waals surface area contributed by atoms with Gasteiger partial charge in [-0.05, 0) is 58.0 Å². The van der Waals surface area contributed by atoms with Gasteiger partial charge in [-0.25, -0.2) is 0 Å². The highest BCUT2D eigenvalue weighted by Gasteiger charge is 2.28. The van der Waals surface area contributed by atoms with Crippen molar-refractivity contribution in [2.24, 2.45) is 0 Å². The van der Waals surface area contributed by atoms with Crippen LogP contribution in [-0.4, -0.2) is 42.6 Å². The van der Waals surface area contributed by atoms with Crippen molar-refractivity contribution < 1.29 is 18.3 Å². The lowest BCUT2D eigenvalue weighted by molar-refractivity contribution is -0.0498. The van der Waals surface area contributed by atoms with E-state index in [-0.39, 0.29) is 17.2 Å². The van der Waals surface area contributed by atoms with Crippen LogP contribution in [0.15, 0.2) is 24.3 Å². The second-order valence-corrected chi connectivity index (χ2v) is 6.45. The summed E-state index contributed by atoms with van der Waals surface area (Å²) in [6.07, 6.45) is 3.63. The third-order valence-corrected chi connectivity index (χ3v) is 4.22. The van der Waals surface area contributed by atoms with Crippen LogP contribution in [-0.2, 0) is 0 Å². The summed E-state index contributed by atoms with van der Waals surface area (Å²) < 4.78 is 28.8. The zero-order chi connectivity index (χ0) is 16.9. The molecule has 6 heteroatoms. The molecule has 0 bridgehead atoms. The minimum absolute atomic E-state index is 0.0112. The Morgan fingerprint density at radius 3 is 2.65 bits per heavy atom. The number of nitrogens with one attached hydrogen (secondary N) is 1. The minimum Gasteiger partial charge on any atom is -0.435 e. The van der Waals surface area contributed by atoms with Crippen molar-refractivity contribution in [2.45, 2.75) is 45.3 Å². The third kappa shape index (κ3) is 5.16. The summed E-state index contributed by atoms with van der Waals surface area (Å²) in [7, 11) is 0. The molecule has 0 atom stereocenters. The number of halogens is 2. The van der Waals surface area contributed by atoms with E-state index < -0.39 is 6.61 Å². The number of piperidine rings is 1. The highest BCUT2D eigenvalue weighted by Crippen LogP contribution is 2.20. The fourth-order valence-corrected chi connectivity index (χ4v) is 2.82. The Kier molecular flexibility index (Phi) is 5.93. The van der Waals surface area contributed by atoms with Gasteiger partial charge in [0, 0.05) is 17.6 Å². The molecule has 0 radical (unpaired) electrons. The van der Waals surface area contributed by atoms with Gasteiger partial charge < -0.3 is 10.1 Å². The average molecular weight is 326 g/mol. The van der Waals surface area contributed by atoms with Crippen molar-refractivity contribution in [2.75, 3.05) is 19.6 Å². The monoisotopic (exact) mass is 326 g/mol. The first kappa shape index (κ1) is 17.7. The summed E-state index contributed by atoms with van der Waals surface area (Å²) in [5.74, 6) is -0.294. The van der Waals surface area contributed by atoms with Gasteiger partial charge >= 0.3 is 6.61 Å². The predicted octanol–water partition coefficient (Wildman–Crippen LogP) is 3.28. The van der Waals surface area contributed by atoms with E-state index in [0.29, 0.717) is 12.1 Å². The van der Waals surface area contributed by atoms with E-state index in [1.165, 1.54) is 37.5 Å².